The summed E-state index contributed by atoms with van der Waals surface area (Å²) < 4.78 is 4.87. The second-order valence-electron chi connectivity index (χ2n) is 4.36. The number of rotatable bonds is 5. The molecule has 0 spiro atoms. The van der Waals surface area contributed by atoms with Gasteiger partial charge in [-0.25, -0.2) is 4.79 Å². The summed E-state index contributed by atoms with van der Waals surface area (Å²) in [5.41, 5.74) is 3.12. The maximum Gasteiger partial charge on any atom is 0.332 e. The van der Waals surface area contributed by atoms with Crippen molar-refractivity contribution in [3.05, 3.63) is 47.3 Å². The summed E-state index contributed by atoms with van der Waals surface area (Å²) in [5.74, 6) is -0.376. The van der Waals surface area contributed by atoms with E-state index in [-0.39, 0.29) is 5.97 Å². The molecule has 0 radical (unpaired) electrons. The Kier molecular flexibility index (Phi) is 5.00. The molecule has 2 rings (SSSR count). The summed E-state index contributed by atoms with van der Waals surface area (Å²) in [5, 5.41) is 10.8. The number of esters is 1. The van der Waals surface area contributed by atoms with Gasteiger partial charge in [-0.1, -0.05) is 23.7 Å². The van der Waals surface area contributed by atoms with E-state index in [2.05, 4.69) is 15.5 Å². The number of allylic oxidation sites excluding steroid dienone is 1. The first-order chi connectivity index (χ1) is 10.1. The van der Waals surface area contributed by atoms with E-state index < -0.39 is 0 Å². The predicted molar refractivity (Wildman–Crippen MR) is 83.0 cm³/mol. The number of aromatic nitrogens is 2. The number of H-pyrrole nitrogens is 1. The smallest absolute Gasteiger partial charge is 0.332 e. The summed E-state index contributed by atoms with van der Waals surface area (Å²) in [6.45, 7) is 3.91. The lowest BCUT2D eigenvalue weighted by Gasteiger charge is -2.07. The lowest BCUT2D eigenvalue weighted by Crippen LogP contribution is -2.04. The average Bonchev–Trinajstić information content (AvgIpc) is 2.87. The largest absolute Gasteiger partial charge is 0.463 e. The van der Waals surface area contributed by atoms with Crippen LogP contribution in [-0.2, 0) is 9.53 Å². The van der Waals surface area contributed by atoms with Crippen molar-refractivity contribution in [3.8, 4) is 11.3 Å². The lowest BCUT2D eigenvalue weighted by molar-refractivity contribution is -0.137. The van der Waals surface area contributed by atoms with E-state index in [1.807, 2.05) is 12.1 Å². The summed E-state index contributed by atoms with van der Waals surface area (Å²) in [7, 11) is 0. The molecule has 0 bridgehead atoms. The number of nitrogens with one attached hydrogen (secondary N) is 2. The minimum absolute atomic E-state index is 0.352. The van der Waals surface area contributed by atoms with Crippen LogP contribution in [0.25, 0.3) is 11.3 Å². The topological polar surface area (TPSA) is 67.0 Å². The zero-order valence-electron chi connectivity index (χ0n) is 11.8. The molecule has 1 aromatic heterocycles. The zero-order chi connectivity index (χ0) is 15.2. The van der Waals surface area contributed by atoms with Gasteiger partial charge in [0.05, 0.1) is 12.3 Å². The van der Waals surface area contributed by atoms with Crippen molar-refractivity contribution in [1.82, 2.24) is 10.2 Å². The number of anilines is 1. The maximum atomic E-state index is 11.4. The molecular formula is C15H16ClN3O2. The van der Waals surface area contributed by atoms with E-state index in [9.17, 15) is 4.79 Å². The molecular weight excluding hydrogens is 290 g/mol. The molecule has 0 unspecified atom stereocenters. The van der Waals surface area contributed by atoms with Gasteiger partial charge in [0.2, 0.25) is 0 Å². The van der Waals surface area contributed by atoms with Crippen LogP contribution >= 0.6 is 11.6 Å². The molecule has 0 aliphatic carbocycles. The number of aromatic amines is 1. The number of carbonyl (C=O) groups excluding carboxylic acids is 1. The SMILES string of the molecule is CCOC(=O)/C=C(/C)Nc1c[nH]nc1-c1ccc(Cl)cc1. The van der Waals surface area contributed by atoms with Crippen LogP contribution in [0.3, 0.4) is 0 Å². The maximum absolute atomic E-state index is 11.4. The normalized spacial score (nSPS) is 11.3. The van der Waals surface area contributed by atoms with Crippen molar-refractivity contribution < 1.29 is 9.53 Å². The van der Waals surface area contributed by atoms with Crippen LogP contribution in [0.2, 0.25) is 5.02 Å². The van der Waals surface area contributed by atoms with E-state index in [4.69, 9.17) is 16.3 Å². The second-order valence-corrected chi connectivity index (χ2v) is 4.80. The Labute approximate surface area is 128 Å². The lowest BCUT2D eigenvalue weighted by atomic mass is 10.1. The van der Waals surface area contributed by atoms with Crippen LogP contribution in [0.4, 0.5) is 5.69 Å². The highest BCUT2D eigenvalue weighted by Gasteiger charge is 2.09. The van der Waals surface area contributed by atoms with Gasteiger partial charge in [0.25, 0.3) is 0 Å². The Hall–Kier alpha value is -2.27. The first-order valence-electron chi connectivity index (χ1n) is 6.52. The van der Waals surface area contributed by atoms with Gasteiger partial charge in [-0.15, -0.1) is 0 Å². The van der Waals surface area contributed by atoms with Crippen LogP contribution in [0.15, 0.2) is 42.2 Å². The third-order valence-corrected chi connectivity index (χ3v) is 2.96. The van der Waals surface area contributed by atoms with Gasteiger partial charge in [0.1, 0.15) is 5.69 Å². The molecule has 0 amide bonds. The quantitative estimate of drug-likeness (QED) is 0.654. The van der Waals surface area contributed by atoms with Gasteiger partial charge in [-0.3, -0.25) is 5.10 Å². The summed E-state index contributed by atoms with van der Waals surface area (Å²) >= 11 is 5.88. The first kappa shape index (κ1) is 15.1. The Morgan fingerprint density at radius 3 is 2.81 bits per heavy atom. The summed E-state index contributed by atoms with van der Waals surface area (Å²) in [6.07, 6.45) is 3.13. The fraction of sp³-hybridized carbons (Fsp3) is 0.200. The molecule has 1 heterocycles. The molecule has 2 aromatic rings. The van der Waals surface area contributed by atoms with Crippen molar-refractivity contribution in [2.75, 3.05) is 11.9 Å². The highest BCUT2D eigenvalue weighted by atomic mass is 35.5. The molecule has 0 saturated carbocycles. The van der Waals surface area contributed by atoms with E-state index >= 15 is 0 Å². The molecule has 1 aromatic carbocycles. The molecule has 0 saturated heterocycles. The number of halogens is 1. The number of carbonyl (C=O) groups is 1. The Morgan fingerprint density at radius 1 is 1.43 bits per heavy atom. The van der Waals surface area contributed by atoms with Crippen molar-refractivity contribution in [3.63, 3.8) is 0 Å². The molecule has 5 nitrogen and oxygen atoms in total. The molecule has 21 heavy (non-hydrogen) atoms. The minimum atomic E-state index is -0.376. The predicted octanol–water partition coefficient (Wildman–Crippen LogP) is 3.61. The number of nitrogens with zero attached hydrogens (tertiary/aromatic N) is 1. The third kappa shape index (κ3) is 4.10. The van der Waals surface area contributed by atoms with Crippen molar-refractivity contribution in [2.24, 2.45) is 0 Å². The van der Waals surface area contributed by atoms with Crippen LogP contribution in [0, 0.1) is 0 Å². The minimum Gasteiger partial charge on any atom is -0.463 e. The van der Waals surface area contributed by atoms with Gasteiger partial charge >= 0.3 is 5.97 Å². The summed E-state index contributed by atoms with van der Waals surface area (Å²) in [6, 6.07) is 7.37. The number of benzene rings is 1. The molecule has 110 valence electrons. The van der Waals surface area contributed by atoms with Gasteiger partial charge in [-0.05, 0) is 26.0 Å². The molecule has 6 heteroatoms. The van der Waals surface area contributed by atoms with Gasteiger partial charge in [0.15, 0.2) is 0 Å². The average molecular weight is 306 g/mol. The Balaban J connectivity index is 2.17. The molecule has 0 fully saturated rings. The van der Waals surface area contributed by atoms with Gasteiger partial charge in [-0.2, -0.15) is 5.10 Å². The van der Waals surface area contributed by atoms with Crippen LogP contribution in [0.1, 0.15) is 13.8 Å². The van der Waals surface area contributed by atoms with Crippen molar-refractivity contribution >= 4 is 23.3 Å². The van der Waals surface area contributed by atoms with Gasteiger partial charge < -0.3 is 10.1 Å². The fourth-order valence-corrected chi connectivity index (χ4v) is 1.95. The Morgan fingerprint density at radius 2 is 2.14 bits per heavy atom. The molecule has 0 aliphatic rings. The number of hydrogen-bond acceptors (Lipinski definition) is 4. The van der Waals surface area contributed by atoms with E-state index in [0.29, 0.717) is 17.3 Å². The van der Waals surface area contributed by atoms with Crippen LogP contribution in [0.5, 0.6) is 0 Å². The zero-order valence-corrected chi connectivity index (χ0v) is 12.6. The van der Waals surface area contributed by atoms with Crippen LogP contribution < -0.4 is 5.32 Å². The third-order valence-electron chi connectivity index (χ3n) is 2.71. The highest BCUT2D eigenvalue weighted by Crippen LogP contribution is 2.27. The number of hydrogen-bond donors (Lipinski definition) is 2. The standard InChI is InChI=1S/C15H16ClN3O2/c1-3-21-14(20)8-10(2)18-13-9-17-19-15(13)11-4-6-12(16)7-5-11/h4-9,18H,3H2,1-2H3,(H,17,19)/b10-8-. The van der Waals surface area contributed by atoms with Crippen molar-refractivity contribution in [2.45, 2.75) is 13.8 Å². The van der Waals surface area contributed by atoms with Gasteiger partial charge in [0, 0.05) is 28.6 Å². The molecule has 2 N–H and O–H groups in total. The second kappa shape index (κ2) is 6.95. The summed E-state index contributed by atoms with van der Waals surface area (Å²) in [4.78, 5) is 11.4. The molecule has 0 aliphatic heterocycles. The van der Waals surface area contributed by atoms with E-state index in [1.54, 1.807) is 32.2 Å². The van der Waals surface area contributed by atoms with E-state index in [0.717, 1.165) is 16.9 Å². The van der Waals surface area contributed by atoms with Crippen molar-refractivity contribution in [1.29, 1.82) is 0 Å². The molecule has 0 atom stereocenters. The number of ether oxygens (including phenoxy) is 1. The van der Waals surface area contributed by atoms with Crippen LogP contribution in [-0.4, -0.2) is 22.8 Å². The highest BCUT2D eigenvalue weighted by molar-refractivity contribution is 6.30. The fourth-order valence-electron chi connectivity index (χ4n) is 1.82. The first-order valence-corrected chi connectivity index (χ1v) is 6.89. The monoisotopic (exact) mass is 305 g/mol. The Bertz CT molecular complexity index is 647. The van der Waals surface area contributed by atoms with E-state index in [1.165, 1.54) is 6.08 Å².